The van der Waals surface area contributed by atoms with Crippen LogP contribution in [0.2, 0.25) is 5.02 Å². The van der Waals surface area contributed by atoms with E-state index >= 15 is 0 Å². The molecule has 0 atom stereocenters. The van der Waals surface area contributed by atoms with Crippen LogP contribution in [0.3, 0.4) is 0 Å². The third kappa shape index (κ3) is 5.81. The lowest BCUT2D eigenvalue weighted by atomic mass is 9.92. The van der Waals surface area contributed by atoms with Crippen LogP contribution in [0.15, 0.2) is 30.3 Å². The Morgan fingerprint density at radius 2 is 1.83 bits per heavy atom. The van der Waals surface area contributed by atoms with Crippen LogP contribution in [0.4, 0.5) is 10.1 Å². The Labute approximate surface area is 180 Å². The van der Waals surface area contributed by atoms with Crippen LogP contribution in [0.25, 0.3) is 0 Å². The maximum absolute atomic E-state index is 14.4. The van der Waals surface area contributed by atoms with Crippen LogP contribution >= 0.6 is 11.6 Å². The van der Waals surface area contributed by atoms with Gasteiger partial charge in [-0.2, -0.15) is 0 Å². The standard InChI is InChI=1S/C21H27ClFN3O4/c1-21(2,12-24)13-25(11-15-16(22)6-5-7-17(15)23)10-14-8-19(29-3)20(30-4)9-18(14)26(27)28/h5-9H,10-13,24H2,1-4H3. The molecule has 2 aromatic carbocycles. The highest BCUT2D eigenvalue weighted by Gasteiger charge is 2.26. The summed E-state index contributed by atoms with van der Waals surface area (Å²) in [5.74, 6) is 0.207. The fourth-order valence-electron chi connectivity index (χ4n) is 3.19. The highest BCUT2D eigenvalue weighted by molar-refractivity contribution is 6.31. The number of hydrogen-bond donors (Lipinski definition) is 1. The molecule has 0 unspecified atom stereocenters. The third-order valence-electron chi connectivity index (χ3n) is 4.82. The molecule has 30 heavy (non-hydrogen) atoms. The van der Waals surface area contributed by atoms with Crippen molar-refractivity contribution in [3.8, 4) is 11.5 Å². The quantitative estimate of drug-likeness (QED) is 0.436. The van der Waals surface area contributed by atoms with Gasteiger partial charge in [-0.25, -0.2) is 4.39 Å². The van der Waals surface area contributed by atoms with E-state index in [2.05, 4.69) is 0 Å². The number of methoxy groups -OCH3 is 2. The first-order valence-electron chi connectivity index (χ1n) is 9.36. The summed E-state index contributed by atoms with van der Waals surface area (Å²) < 4.78 is 24.9. The second-order valence-corrected chi connectivity index (χ2v) is 8.21. The Kier molecular flexibility index (Phi) is 8.00. The molecule has 2 N–H and O–H groups in total. The van der Waals surface area contributed by atoms with Gasteiger partial charge in [0.15, 0.2) is 11.5 Å². The van der Waals surface area contributed by atoms with Crippen molar-refractivity contribution in [2.45, 2.75) is 26.9 Å². The number of halogens is 2. The van der Waals surface area contributed by atoms with Crippen molar-refractivity contribution in [1.82, 2.24) is 4.90 Å². The fourth-order valence-corrected chi connectivity index (χ4v) is 3.42. The smallest absolute Gasteiger partial charge is 0.277 e. The van der Waals surface area contributed by atoms with Crippen molar-refractivity contribution < 1.29 is 18.8 Å². The van der Waals surface area contributed by atoms with Gasteiger partial charge in [0, 0.05) is 35.8 Å². The van der Waals surface area contributed by atoms with Crippen LogP contribution in [-0.4, -0.2) is 37.1 Å². The minimum atomic E-state index is -0.473. The molecule has 0 saturated carbocycles. The van der Waals surface area contributed by atoms with Gasteiger partial charge < -0.3 is 15.2 Å². The molecule has 2 rings (SSSR count). The van der Waals surface area contributed by atoms with E-state index in [1.54, 1.807) is 12.1 Å². The van der Waals surface area contributed by atoms with Gasteiger partial charge in [-0.15, -0.1) is 0 Å². The van der Waals surface area contributed by atoms with E-state index in [1.807, 2.05) is 18.7 Å². The molecule has 0 heterocycles. The maximum Gasteiger partial charge on any atom is 0.277 e. The van der Waals surface area contributed by atoms with E-state index in [0.29, 0.717) is 35.0 Å². The van der Waals surface area contributed by atoms with E-state index in [9.17, 15) is 14.5 Å². The lowest BCUT2D eigenvalue weighted by Gasteiger charge is -2.32. The van der Waals surface area contributed by atoms with Crippen LogP contribution in [0.5, 0.6) is 11.5 Å². The normalized spacial score (nSPS) is 11.6. The molecule has 0 aliphatic carbocycles. The van der Waals surface area contributed by atoms with Gasteiger partial charge in [-0.3, -0.25) is 15.0 Å². The zero-order valence-corrected chi connectivity index (χ0v) is 18.3. The SMILES string of the molecule is COc1cc(CN(Cc2c(F)cccc2Cl)CC(C)(C)CN)c([N+](=O)[O-])cc1OC. The maximum atomic E-state index is 14.4. The van der Waals surface area contributed by atoms with E-state index in [1.165, 1.54) is 32.4 Å². The summed E-state index contributed by atoms with van der Waals surface area (Å²) in [6, 6.07) is 7.39. The van der Waals surface area contributed by atoms with Gasteiger partial charge in [0.25, 0.3) is 5.69 Å². The van der Waals surface area contributed by atoms with Gasteiger partial charge >= 0.3 is 0 Å². The summed E-state index contributed by atoms with van der Waals surface area (Å²) in [6.45, 7) is 5.16. The molecule has 0 spiro atoms. The van der Waals surface area contributed by atoms with Gasteiger partial charge in [-0.1, -0.05) is 31.5 Å². The summed E-state index contributed by atoms with van der Waals surface area (Å²) in [4.78, 5) is 13.1. The van der Waals surface area contributed by atoms with Gasteiger partial charge in [-0.05, 0) is 30.2 Å². The Balaban J connectivity index is 2.48. The molecular weight excluding hydrogens is 413 g/mol. The molecule has 164 valence electrons. The molecule has 0 fully saturated rings. The minimum Gasteiger partial charge on any atom is -0.493 e. The lowest BCUT2D eigenvalue weighted by Crippen LogP contribution is -2.38. The Bertz CT molecular complexity index is 888. The van der Waals surface area contributed by atoms with E-state index < -0.39 is 10.7 Å². The van der Waals surface area contributed by atoms with Gasteiger partial charge in [0.2, 0.25) is 0 Å². The van der Waals surface area contributed by atoms with Crippen molar-refractivity contribution in [3.05, 3.63) is 62.4 Å². The lowest BCUT2D eigenvalue weighted by molar-refractivity contribution is -0.385. The number of nitrogens with two attached hydrogens (primary N) is 1. The van der Waals surface area contributed by atoms with Gasteiger partial charge in [0.05, 0.1) is 25.2 Å². The number of nitro benzene ring substituents is 1. The largest absolute Gasteiger partial charge is 0.493 e. The zero-order chi connectivity index (χ0) is 22.5. The van der Waals surface area contributed by atoms with Crippen LogP contribution in [0, 0.1) is 21.3 Å². The average Bonchev–Trinajstić information content (AvgIpc) is 2.69. The Hall–Kier alpha value is -2.42. The monoisotopic (exact) mass is 439 g/mol. The summed E-state index contributed by atoms with van der Waals surface area (Å²) in [7, 11) is 2.87. The third-order valence-corrected chi connectivity index (χ3v) is 5.18. The number of ether oxygens (including phenoxy) is 2. The van der Waals surface area contributed by atoms with E-state index in [4.69, 9.17) is 26.8 Å². The highest BCUT2D eigenvalue weighted by atomic mass is 35.5. The fraction of sp³-hybridized carbons (Fsp3) is 0.429. The van der Waals surface area contributed by atoms with Crippen molar-refractivity contribution in [2.24, 2.45) is 11.1 Å². The van der Waals surface area contributed by atoms with Crippen molar-refractivity contribution in [3.63, 3.8) is 0 Å². The minimum absolute atomic E-state index is 0.108. The second kappa shape index (κ2) is 10.1. The molecule has 2 aromatic rings. The molecule has 0 aliphatic rings. The number of benzene rings is 2. The predicted octanol–water partition coefficient (Wildman–Crippen LogP) is 4.39. The van der Waals surface area contributed by atoms with Crippen LogP contribution in [-0.2, 0) is 13.1 Å². The topological polar surface area (TPSA) is 90.9 Å². The number of nitro groups is 1. The molecular formula is C21H27ClFN3O4. The summed E-state index contributed by atoms with van der Waals surface area (Å²) in [5, 5.41) is 12.0. The first kappa shape index (κ1) is 23.9. The number of rotatable bonds is 10. The van der Waals surface area contributed by atoms with E-state index in [-0.39, 0.29) is 29.9 Å². The van der Waals surface area contributed by atoms with Gasteiger partial charge in [0.1, 0.15) is 5.82 Å². The summed E-state index contributed by atoms with van der Waals surface area (Å²) >= 11 is 6.21. The summed E-state index contributed by atoms with van der Waals surface area (Å²) in [5.41, 5.74) is 6.22. The zero-order valence-electron chi connectivity index (χ0n) is 17.6. The number of nitrogens with zero attached hydrogens (tertiary/aromatic N) is 2. The summed E-state index contributed by atoms with van der Waals surface area (Å²) in [6.07, 6.45) is 0. The van der Waals surface area contributed by atoms with Crippen molar-refractivity contribution in [2.75, 3.05) is 27.3 Å². The second-order valence-electron chi connectivity index (χ2n) is 7.81. The Morgan fingerprint density at radius 3 is 2.37 bits per heavy atom. The molecule has 0 amide bonds. The van der Waals surface area contributed by atoms with E-state index in [0.717, 1.165) is 0 Å². The molecule has 0 radical (unpaired) electrons. The Morgan fingerprint density at radius 1 is 1.20 bits per heavy atom. The molecule has 0 saturated heterocycles. The van der Waals surface area contributed by atoms with Crippen molar-refractivity contribution >= 4 is 17.3 Å². The molecule has 0 aromatic heterocycles. The average molecular weight is 440 g/mol. The molecule has 0 aliphatic heterocycles. The predicted molar refractivity (Wildman–Crippen MR) is 115 cm³/mol. The van der Waals surface area contributed by atoms with Crippen LogP contribution in [0.1, 0.15) is 25.0 Å². The number of hydrogen-bond acceptors (Lipinski definition) is 6. The first-order chi connectivity index (χ1) is 14.1. The molecule has 7 nitrogen and oxygen atoms in total. The highest BCUT2D eigenvalue weighted by Crippen LogP contribution is 2.36. The first-order valence-corrected chi connectivity index (χ1v) is 9.74. The molecule has 9 heteroatoms. The molecule has 0 bridgehead atoms. The van der Waals surface area contributed by atoms with Crippen molar-refractivity contribution in [1.29, 1.82) is 0 Å². The van der Waals surface area contributed by atoms with Crippen LogP contribution < -0.4 is 15.2 Å².